The number of carbonyl (C=O) groups excluding carboxylic acids is 2. The SMILES string of the molecule is CCOC(=O)c1nnc(C(C)NC(=O)OC(C)(C)C)o1. The summed E-state index contributed by atoms with van der Waals surface area (Å²) >= 11 is 0. The Kier molecular flexibility index (Phi) is 5.06. The molecule has 1 N–H and O–H groups in total. The fourth-order valence-electron chi connectivity index (χ4n) is 1.23. The number of aromatic nitrogens is 2. The number of hydrogen-bond acceptors (Lipinski definition) is 7. The summed E-state index contributed by atoms with van der Waals surface area (Å²) in [6.07, 6.45) is -0.610. The molecule has 0 aliphatic rings. The van der Waals surface area contributed by atoms with E-state index in [1.807, 2.05) is 0 Å². The highest BCUT2D eigenvalue weighted by atomic mass is 16.6. The Morgan fingerprint density at radius 3 is 2.55 bits per heavy atom. The van der Waals surface area contributed by atoms with Gasteiger partial charge in [-0.2, -0.15) is 0 Å². The summed E-state index contributed by atoms with van der Waals surface area (Å²) in [4.78, 5) is 22.9. The van der Waals surface area contributed by atoms with Crippen LogP contribution in [0.1, 0.15) is 57.2 Å². The van der Waals surface area contributed by atoms with E-state index in [9.17, 15) is 9.59 Å². The third-order valence-corrected chi connectivity index (χ3v) is 1.99. The van der Waals surface area contributed by atoms with Crippen LogP contribution in [0, 0.1) is 0 Å². The molecule has 1 aromatic heterocycles. The van der Waals surface area contributed by atoms with E-state index in [4.69, 9.17) is 13.9 Å². The second-order valence-corrected chi connectivity index (χ2v) is 5.03. The Labute approximate surface area is 116 Å². The van der Waals surface area contributed by atoms with Crippen LogP contribution in [0.4, 0.5) is 4.79 Å². The Bertz CT molecular complexity index is 478. The van der Waals surface area contributed by atoms with E-state index < -0.39 is 23.7 Å². The largest absolute Gasteiger partial charge is 0.459 e. The molecule has 0 aromatic carbocycles. The van der Waals surface area contributed by atoms with Crippen molar-refractivity contribution in [1.82, 2.24) is 15.5 Å². The molecule has 1 atom stereocenters. The zero-order valence-electron chi connectivity index (χ0n) is 12.2. The topological polar surface area (TPSA) is 104 Å². The minimum atomic E-state index is -0.698. The van der Waals surface area contributed by atoms with Gasteiger partial charge in [-0.25, -0.2) is 9.59 Å². The smallest absolute Gasteiger partial charge is 0.408 e. The standard InChI is InChI=1S/C12H19N3O5/c1-6-18-10(16)9-15-14-8(19-9)7(2)13-11(17)20-12(3,4)5/h7H,6H2,1-5H3,(H,13,17). The average Bonchev–Trinajstić information content (AvgIpc) is 2.75. The number of amides is 1. The van der Waals surface area contributed by atoms with Crippen molar-refractivity contribution in [3.63, 3.8) is 0 Å². The molecule has 0 bridgehead atoms. The number of nitrogens with one attached hydrogen (secondary N) is 1. The van der Waals surface area contributed by atoms with Crippen molar-refractivity contribution in [2.75, 3.05) is 6.61 Å². The Morgan fingerprint density at radius 2 is 2.00 bits per heavy atom. The van der Waals surface area contributed by atoms with Crippen molar-refractivity contribution < 1.29 is 23.5 Å². The molecule has 0 fully saturated rings. The molecule has 0 saturated heterocycles. The van der Waals surface area contributed by atoms with Gasteiger partial charge in [0.15, 0.2) is 0 Å². The van der Waals surface area contributed by atoms with Crippen molar-refractivity contribution in [2.45, 2.75) is 46.3 Å². The molecule has 1 unspecified atom stereocenters. The first-order chi connectivity index (χ1) is 9.23. The molecular weight excluding hydrogens is 266 g/mol. The van der Waals surface area contributed by atoms with Gasteiger partial charge in [0.05, 0.1) is 6.61 Å². The summed E-state index contributed by atoms with van der Waals surface area (Å²) in [6.45, 7) is 8.77. The zero-order chi connectivity index (χ0) is 15.3. The molecule has 20 heavy (non-hydrogen) atoms. The molecule has 1 amide bonds. The summed E-state index contributed by atoms with van der Waals surface area (Å²) in [7, 11) is 0. The van der Waals surface area contributed by atoms with Crippen molar-refractivity contribution in [2.24, 2.45) is 0 Å². The van der Waals surface area contributed by atoms with Crippen LogP contribution in [0.15, 0.2) is 4.42 Å². The first kappa shape index (κ1) is 15.9. The molecule has 8 heteroatoms. The van der Waals surface area contributed by atoms with E-state index in [1.54, 1.807) is 34.6 Å². The van der Waals surface area contributed by atoms with Gasteiger partial charge in [0.2, 0.25) is 5.89 Å². The predicted octanol–water partition coefficient (Wildman–Crippen LogP) is 1.83. The molecule has 8 nitrogen and oxygen atoms in total. The monoisotopic (exact) mass is 285 g/mol. The lowest BCUT2D eigenvalue weighted by Gasteiger charge is -2.20. The molecular formula is C12H19N3O5. The first-order valence-corrected chi connectivity index (χ1v) is 6.23. The molecule has 0 saturated carbocycles. The van der Waals surface area contributed by atoms with Gasteiger partial charge in [0.25, 0.3) is 0 Å². The maximum atomic E-state index is 11.6. The number of ether oxygens (including phenoxy) is 2. The highest BCUT2D eigenvalue weighted by Gasteiger charge is 2.23. The third-order valence-electron chi connectivity index (χ3n) is 1.99. The summed E-state index contributed by atoms with van der Waals surface area (Å²) < 4.78 is 14.9. The van der Waals surface area contributed by atoms with Gasteiger partial charge in [0.1, 0.15) is 11.6 Å². The first-order valence-electron chi connectivity index (χ1n) is 6.23. The lowest BCUT2D eigenvalue weighted by Crippen LogP contribution is -2.34. The number of rotatable bonds is 4. The fraction of sp³-hybridized carbons (Fsp3) is 0.667. The molecule has 1 aromatic rings. The van der Waals surface area contributed by atoms with Gasteiger partial charge >= 0.3 is 18.0 Å². The molecule has 1 rings (SSSR count). The Balaban J connectivity index is 2.62. The molecule has 0 aliphatic heterocycles. The third kappa shape index (κ3) is 4.87. The second-order valence-electron chi connectivity index (χ2n) is 5.03. The fourth-order valence-corrected chi connectivity index (χ4v) is 1.23. The van der Waals surface area contributed by atoms with E-state index in [1.165, 1.54) is 0 Å². The number of alkyl carbamates (subject to hydrolysis) is 1. The maximum Gasteiger partial charge on any atom is 0.408 e. The number of esters is 1. The van der Waals surface area contributed by atoms with E-state index in [0.717, 1.165) is 0 Å². The Hall–Kier alpha value is -2.12. The van der Waals surface area contributed by atoms with Crippen LogP contribution in [0.5, 0.6) is 0 Å². The average molecular weight is 285 g/mol. The number of carbonyl (C=O) groups is 2. The van der Waals surface area contributed by atoms with E-state index in [0.29, 0.717) is 0 Å². The normalized spacial score (nSPS) is 12.7. The second kappa shape index (κ2) is 6.36. The maximum absolute atomic E-state index is 11.6. The van der Waals surface area contributed by atoms with Gasteiger partial charge in [-0.15, -0.1) is 10.2 Å². The molecule has 0 spiro atoms. The quantitative estimate of drug-likeness (QED) is 0.841. The van der Waals surface area contributed by atoms with Crippen LogP contribution in [-0.4, -0.2) is 34.5 Å². The highest BCUT2D eigenvalue weighted by molar-refractivity contribution is 5.83. The van der Waals surface area contributed by atoms with Gasteiger partial charge in [-0.05, 0) is 34.6 Å². The van der Waals surface area contributed by atoms with Crippen molar-refractivity contribution in [1.29, 1.82) is 0 Å². The Morgan fingerprint density at radius 1 is 1.35 bits per heavy atom. The molecule has 1 heterocycles. The lowest BCUT2D eigenvalue weighted by atomic mass is 10.2. The lowest BCUT2D eigenvalue weighted by molar-refractivity contribution is 0.0476. The van der Waals surface area contributed by atoms with Crippen LogP contribution in [0.25, 0.3) is 0 Å². The number of hydrogen-bond donors (Lipinski definition) is 1. The molecule has 0 radical (unpaired) electrons. The van der Waals surface area contributed by atoms with Gasteiger partial charge in [0, 0.05) is 0 Å². The van der Waals surface area contributed by atoms with Crippen LogP contribution < -0.4 is 5.32 Å². The van der Waals surface area contributed by atoms with Gasteiger partial charge in [-0.1, -0.05) is 0 Å². The van der Waals surface area contributed by atoms with Crippen molar-refractivity contribution in [3.05, 3.63) is 11.8 Å². The summed E-state index contributed by atoms with van der Waals surface area (Å²) in [5, 5.41) is 9.76. The zero-order valence-corrected chi connectivity index (χ0v) is 12.2. The summed E-state index contributed by atoms with van der Waals surface area (Å²) in [6, 6.07) is -0.583. The van der Waals surface area contributed by atoms with Crippen molar-refractivity contribution >= 4 is 12.1 Å². The highest BCUT2D eigenvalue weighted by Crippen LogP contribution is 2.13. The minimum absolute atomic E-state index is 0.0962. The van der Waals surface area contributed by atoms with Crippen LogP contribution >= 0.6 is 0 Å². The van der Waals surface area contributed by atoms with Crippen molar-refractivity contribution in [3.8, 4) is 0 Å². The molecule has 0 aliphatic carbocycles. The predicted molar refractivity (Wildman–Crippen MR) is 68.0 cm³/mol. The van der Waals surface area contributed by atoms with Gasteiger partial charge < -0.3 is 19.2 Å². The number of nitrogens with zero attached hydrogens (tertiary/aromatic N) is 2. The van der Waals surface area contributed by atoms with E-state index >= 15 is 0 Å². The van der Waals surface area contributed by atoms with E-state index in [-0.39, 0.29) is 18.4 Å². The minimum Gasteiger partial charge on any atom is -0.459 e. The van der Waals surface area contributed by atoms with Crippen LogP contribution in [0.2, 0.25) is 0 Å². The van der Waals surface area contributed by atoms with E-state index in [2.05, 4.69) is 15.5 Å². The van der Waals surface area contributed by atoms with Gasteiger partial charge in [-0.3, -0.25) is 0 Å². The van der Waals surface area contributed by atoms with Crippen LogP contribution in [-0.2, 0) is 9.47 Å². The molecule has 112 valence electrons. The summed E-state index contributed by atoms with van der Waals surface area (Å²) in [5.41, 5.74) is -0.602. The summed E-state index contributed by atoms with van der Waals surface area (Å²) in [5.74, 6) is -0.852. The van der Waals surface area contributed by atoms with Crippen LogP contribution in [0.3, 0.4) is 0 Å².